The predicted molar refractivity (Wildman–Crippen MR) is 126 cm³/mol. The van der Waals surface area contributed by atoms with E-state index >= 15 is 0 Å². The molecule has 1 atom stereocenters. The molecule has 9 nitrogen and oxygen atoms in total. The molecule has 0 aliphatic carbocycles. The zero-order valence-electron chi connectivity index (χ0n) is 19.1. The number of hydrogen-bond acceptors (Lipinski definition) is 6. The molecule has 0 radical (unpaired) electrons. The van der Waals surface area contributed by atoms with Gasteiger partial charge in [0.1, 0.15) is 24.0 Å². The molecule has 3 heterocycles. The predicted octanol–water partition coefficient (Wildman–Crippen LogP) is 1.97. The second-order valence-electron chi connectivity index (χ2n) is 8.49. The van der Waals surface area contributed by atoms with Crippen LogP contribution < -0.4 is 15.0 Å². The van der Waals surface area contributed by atoms with E-state index < -0.39 is 17.7 Å². The van der Waals surface area contributed by atoms with Gasteiger partial charge in [-0.15, -0.1) is 0 Å². The van der Waals surface area contributed by atoms with Crippen LogP contribution in [0.1, 0.15) is 30.7 Å². The summed E-state index contributed by atoms with van der Waals surface area (Å²) < 4.78 is 6.97. The van der Waals surface area contributed by atoms with Gasteiger partial charge in [-0.2, -0.15) is 9.78 Å². The van der Waals surface area contributed by atoms with Crippen LogP contribution in [0.4, 0.5) is 10.5 Å². The molecule has 9 heteroatoms. The minimum Gasteiger partial charge on any atom is -0.489 e. The third-order valence-electron chi connectivity index (χ3n) is 5.12. The van der Waals surface area contributed by atoms with Crippen LogP contribution in [0.5, 0.6) is 5.75 Å². The number of hydrogen-bond donors (Lipinski definition) is 2. The fourth-order valence-corrected chi connectivity index (χ4v) is 3.39. The molecular weight excluding hydrogens is 434 g/mol. The summed E-state index contributed by atoms with van der Waals surface area (Å²) in [6.07, 6.45) is 5.45. The number of ether oxygens (including phenoxy) is 1. The van der Waals surface area contributed by atoms with E-state index in [1.54, 1.807) is 57.7 Å². The molecule has 0 saturated heterocycles. The summed E-state index contributed by atoms with van der Waals surface area (Å²) in [4.78, 5) is 31.5. The number of benzene rings is 1. The average Bonchev–Trinajstić information content (AvgIpc) is 3.24. The number of nitrogens with zero attached hydrogens (tertiary/aromatic N) is 4. The average molecular weight is 460 g/mol. The molecule has 34 heavy (non-hydrogen) atoms. The number of carbonyl (C=O) groups excluding carboxylic acids is 2. The number of pyridine rings is 1. The van der Waals surface area contributed by atoms with Crippen LogP contribution in [-0.4, -0.2) is 57.1 Å². The van der Waals surface area contributed by atoms with Crippen LogP contribution in [-0.2, 0) is 11.2 Å². The molecular formula is C25H25N5O4. The summed E-state index contributed by atoms with van der Waals surface area (Å²) >= 11 is 0. The van der Waals surface area contributed by atoms with E-state index in [1.807, 2.05) is 18.2 Å². The summed E-state index contributed by atoms with van der Waals surface area (Å²) in [5.41, 5.74) is 1.71. The van der Waals surface area contributed by atoms with E-state index in [0.29, 0.717) is 23.4 Å². The SMILES string of the molecule is CN1C(=O)C(NC(=O)n2cc(Cc3ccccn3)cn2)COc2ccc(C#CC(C)(C)O)cc21. The van der Waals surface area contributed by atoms with Crippen LogP contribution in [0.15, 0.2) is 55.0 Å². The number of anilines is 1. The van der Waals surface area contributed by atoms with Crippen molar-refractivity contribution >= 4 is 17.6 Å². The topological polar surface area (TPSA) is 110 Å². The van der Waals surface area contributed by atoms with E-state index in [1.165, 1.54) is 4.90 Å². The van der Waals surface area contributed by atoms with E-state index in [9.17, 15) is 14.7 Å². The van der Waals surface area contributed by atoms with Crippen LogP contribution in [0, 0.1) is 11.8 Å². The maximum atomic E-state index is 13.1. The first-order valence-corrected chi connectivity index (χ1v) is 10.7. The number of fused-ring (bicyclic) bond motifs is 1. The van der Waals surface area contributed by atoms with Crippen LogP contribution in [0.2, 0.25) is 0 Å². The first-order chi connectivity index (χ1) is 16.2. The minimum atomic E-state index is -1.13. The Morgan fingerprint density at radius 2 is 2.15 bits per heavy atom. The molecule has 0 spiro atoms. The van der Waals surface area contributed by atoms with Crippen molar-refractivity contribution in [1.82, 2.24) is 20.1 Å². The minimum absolute atomic E-state index is 0.0291. The third kappa shape index (κ3) is 5.42. The maximum absolute atomic E-state index is 13.1. The van der Waals surface area contributed by atoms with Gasteiger partial charge >= 0.3 is 6.03 Å². The maximum Gasteiger partial charge on any atom is 0.342 e. The summed E-state index contributed by atoms with van der Waals surface area (Å²) in [7, 11) is 1.61. The van der Waals surface area contributed by atoms with Crippen molar-refractivity contribution in [2.24, 2.45) is 0 Å². The molecule has 2 aromatic heterocycles. The quantitative estimate of drug-likeness (QED) is 0.580. The van der Waals surface area contributed by atoms with E-state index in [0.717, 1.165) is 15.9 Å². The number of likely N-dealkylation sites (N-methyl/N-ethyl adjacent to an activating group) is 1. The van der Waals surface area contributed by atoms with Gasteiger partial charge < -0.3 is 20.1 Å². The molecule has 0 saturated carbocycles. The molecule has 1 aliphatic heterocycles. The van der Waals surface area contributed by atoms with Crippen molar-refractivity contribution in [3.63, 3.8) is 0 Å². The molecule has 0 fully saturated rings. The molecule has 0 bridgehead atoms. The standard InChI is InChI=1S/C25H25N5O4/c1-25(2,33)10-9-17-7-8-22-21(13-17)29(3)23(31)20(16-34-22)28-24(32)30-15-18(14-27-30)12-19-6-4-5-11-26-19/h4-8,11,13-15,20,33H,12,16H2,1-3H3,(H,28,32). The summed E-state index contributed by atoms with van der Waals surface area (Å²) in [6, 6.07) is 9.38. The zero-order chi connectivity index (χ0) is 24.3. The first kappa shape index (κ1) is 23.0. The van der Waals surface area contributed by atoms with Gasteiger partial charge in [-0.25, -0.2) is 4.79 Å². The van der Waals surface area contributed by atoms with E-state index in [4.69, 9.17) is 4.74 Å². The van der Waals surface area contributed by atoms with Crippen LogP contribution in [0.3, 0.4) is 0 Å². The fourth-order valence-electron chi connectivity index (χ4n) is 3.39. The lowest BCUT2D eigenvalue weighted by atomic mass is 10.1. The second-order valence-corrected chi connectivity index (χ2v) is 8.49. The second kappa shape index (κ2) is 9.37. The highest BCUT2D eigenvalue weighted by atomic mass is 16.5. The van der Waals surface area contributed by atoms with Crippen molar-refractivity contribution < 1.29 is 19.4 Å². The lowest BCUT2D eigenvalue weighted by Crippen LogP contribution is -2.50. The Morgan fingerprint density at radius 1 is 1.32 bits per heavy atom. The Labute approximate surface area is 197 Å². The first-order valence-electron chi connectivity index (χ1n) is 10.7. The van der Waals surface area contributed by atoms with E-state index in [-0.39, 0.29) is 12.5 Å². The molecule has 4 rings (SSSR count). The van der Waals surface area contributed by atoms with Gasteiger partial charge in [0, 0.05) is 37.1 Å². The molecule has 3 aromatic rings. The van der Waals surface area contributed by atoms with Crippen molar-refractivity contribution in [2.75, 3.05) is 18.6 Å². The summed E-state index contributed by atoms with van der Waals surface area (Å²) in [6.45, 7) is 3.16. The van der Waals surface area contributed by atoms with Crippen LogP contribution in [0.25, 0.3) is 0 Å². The van der Waals surface area contributed by atoms with Crippen molar-refractivity contribution in [3.8, 4) is 17.6 Å². The van der Waals surface area contributed by atoms with Gasteiger partial charge in [0.05, 0.1) is 11.9 Å². The van der Waals surface area contributed by atoms with E-state index in [2.05, 4.69) is 27.2 Å². The molecule has 174 valence electrons. The van der Waals surface area contributed by atoms with Gasteiger partial charge in [-0.05, 0) is 49.7 Å². The highest BCUT2D eigenvalue weighted by Crippen LogP contribution is 2.31. The third-order valence-corrected chi connectivity index (χ3v) is 5.12. The van der Waals surface area contributed by atoms with Gasteiger partial charge in [-0.1, -0.05) is 17.9 Å². The number of aliphatic hydroxyl groups is 1. The highest BCUT2D eigenvalue weighted by molar-refractivity contribution is 6.00. The number of aromatic nitrogens is 3. The summed E-state index contributed by atoms with van der Waals surface area (Å²) in [5.74, 6) is 5.81. The number of carbonyl (C=O) groups is 2. The van der Waals surface area contributed by atoms with Crippen molar-refractivity contribution in [3.05, 3.63) is 71.8 Å². The Hall–Kier alpha value is -4.16. The van der Waals surface area contributed by atoms with Gasteiger partial charge in [0.2, 0.25) is 0 Å². The monoisotopic (exact) mass is 459 g/mol. The Bertz CT molecular complexity index is 1270. The lowest BCUT2D eigenvalue weighted by molar-refractivity contribution is -0.120. The van der Waals surface area contributed by atoms with Gasteiger partial charge in [-0.3, -0.25) is 9.78 Å². The Balaban J connectivity index is 1.46. The van der Waals surface area contributed by atoms with Crippen molar-refractivity contribution in [2.45, 2.75) is 31.9 Å². The van der Waals surface area contributed by atoms with Gasteiger partial charge in [0.15, 0.2) is 0 Å². The summed E-state index contributed by atoms with van der Waals surface area (Å²) in [5, 5.41) is 16.6. The molecule has 1 aliphatic rings. The molecule has 1 unspecified atom stereocenters. The smallest absolute Gasteiger partial charge is 0.342 e. The molecule has 2 N–H and O–H groups in total. The molecule has 2 amide bonds. The Morgan fingerprint density at radius 3 is 2.88 bits per heavy atom. The van der Waals surface area contributed by atoms with Crippen molar-refractivity contribution in [1.29, 1.82) is 0 Å². The van der Waals surface area contributed by atoms with Crippen LogP contribution >= 0.6 is 0 Å². The normalized spacial score (nSPS) is 15.5. The Kier molecular flexibility index (Phi) is 6.34. The molecule has 1 aromatic carbocycles. The number of rotatable bonds is 3. The largest absolute Gasteiger partial charge is 0.489 e. The van der Waals surface area contributed by atoms with Gasteiger partial charge in [0.25, 0.3) is 5.91 Å². The number of nitrogens with one attached hydrogen (secondary N) is 1. The lowest BCUT2D eigenvalue weighted by Gasteiger charge is -2.20. The zero-order valence-corrected chi connectivity index (χ0v) is 19.1. The highest BCUT2D eigenvalue weighted by Gasteiger charge is 2.31. The number of amides is 2. The fraction of sp³-hybridized carbons (Fsp3) is 0.280.